The summed E-state index contributed by atoms with van der Waals surface area (Å²) in [6, 6.07) is 14.5. The summed E-state index contributed by atoms with van der Waals surface area (Å²) >= 11 is 0. The number of aromatic carboxylic acids is 1. The molecule has 0 fully saturated rings. The predicted molar refractivity (Wildman–Crippen MR) is 130 cm³/mol. The molecule has 2 aromatic heterocycles. The number of fused-ring (bicyclic) bond motifs is 1. The second-order valence-corrected chi connectivity index (χ2v) is 8.02. The van der Waals surface area contributed by atoms with Gasteiger partial charge < -0.3 is 29.6 Å². The maximum Gasteiger partial charge on any atom is 0.355 e. The van der Waals surface area contributed by atoms with Crippen LogP contribution in [0.4, 0.5) is 0 Å². The van der Waals surface area contributed by atoms with Gasteiger partial charge >= 0.3 is 11.9 Å². The van der Waals surface area contributed by atoms with Crippen LogP contribution in [0.1, 0.15) is 45.1 Å². The molecule has 2 aromatic carbocycles. The first-order valence-electron chi connectivity index (χ1n) is 10.9. The number of hydrogen-bond acceptors (Lipinski definition) is 7. The summed E-state index contributed by atoms with van der Waals surface area (Å²) in [6.07, 6.45) is 1.40. The summed E-state index contributed by atoms with van der Waals surface area (Å²) in [7, 11) is 1.18. The van der Waals surface area contributed by atoms with Crippen LogP contribution in [0.15, 0.2) is 60.8 Å². The summed E-state index contributed by atoms with van der Waals surface area (Å²) < 4.78 is 17.9. The van der Waals surface area contributed by atoms with E-state index in [0.29, 0.717) is 17.0 Å². The van der Waals surface area contributed by atoms with E-state index in [0.717, 1.165) is 0 Å². The zero-order chi connectivity index (χ0) is 26.0. The zero-order valence-corrected chi connectivity index (χ0v) is 19.7. The number of primary amides is 1. The van der Waals surface area contributed by atoms with Gasteiger partial charge in [-0.15, -0.1) is 0 Å². The molecule has 0 radical (unpaired) electrons. The van der Waals surface area contributed by atoms with E-state index in [4.69, 9.17) is 19.9 Å². The Bertz CT molecular complexity index is 1470. The van der Waals surface area contributed by atoms with E-state index in [-0.39, 0.29) is 39.9 Å². The lowest BCUT2D eigenvalue weighted by atomic mass is 10.1. The normalized spacial score (nSPS) is 10.9. The highest BCUT2D eigenvalue weighted by atomic mass is 16.5. The number of aromatic nitrogens is 2. The number of amides is 1. The molecular weight excluding hydrogens is 466 g/mol. The van der Waals surface area contributed by atoms with Crippen LogP contribution in [0.2, 0.25) is 0 Å². The fraction of sp³-hybridized carbons (Fsp3) is 0.154. The first-order valence-corrected chi connectivity index (χ1v) is 10.9. The van der Waals surface area contributed by atoms with E-state index in [9.17, 15) is 19.5 Å². The van der Waals surface area contributed by atoms with Crippen molar-refractivity contribution in [2.24, 2.45) is 5.73 Å². The van der Waals surface area contributed by atoms with E-state index < -0.39 is 17.8 Å². The molecular formula is C26H23N3O7. The molecule has 0 atom stereocenters. The molecule has 2 heterocycles. The van der Waals surface area contributed by atoms with Gasteiger partial charge in [0.2, 0.25) is 5.88 Å². The highest BCUT2D eigenvalue weighted by Crippen LogP contribution is 2.35. The smallest absolute Gasteiger partial charge is 0.355 e. The number of nitrogens with two attached hydrogens (primary N) is 1. The minimum absolute atomic E-state index is 0.0277. The first-order chi connectivity index (χ1) is 17.2. The molecule has 0 aliphatic heterocycles. The number of esters is 1. The molecule has 0 aliphatic rings. The molecule has 10 nitrogen and oxygen atoms in total. The van der Waals surface area contributed by atoms with Crippen molar-refractivity contribution in [3.63, 3.8) is 0 Å². The number of ether oxygens (including phenoxy) is 3. The maximum atomic E-state index is 12.8. The number of methoxy groups -OCH3 is 1. The highest BCUT2D eigenvalue weighted by Gasteiger charge is 2.29. The van der Waals surface area contributed by atoms with Crippen molar-refractivity contribution in [3.8, 4) is 23.1 Å². The SMILES string of the molecule is COC(=O)c1c(C(=O)O)c2cc(Oc3ncccc3C(N)=O)ccc2n1-c1ccc(OC(C)C)cc1. The van der Waals surface area contributed by atoms with Crippen molar-refractivity contribution in [3.05, 3.63) is 77.6 Å². The molecule has 0 bridgehead atoms. The Morgan fingerprint density at radius 1 is 1.03 bits per heavy atom. The number of benzene rings is 2. The predicted octanol–water partition coefficient (Wildman–Crippen LogP) is 4.19. The van der Waals surface area contributed by atoms with Gasteiger partial charge in [0.05, 0.1) is 18.7 Å². The minimum atomic E-state index is -1.33. The van der Waals surface area contributed by atoms with Crippen LogP contribution in [0.5, 0.6) is 17.4 Å². The number of hydrogen-bond donors (Lipinski definition) is 2. The Kier molecular flexibility index (Phi) is 6.60. The van der Waals surface area contributed by atoms with Gasteiger partial charge in [-0.3, -0.25) is 4.79 Å². The fourth-order valence-corrected chi connectivity index (χ4v) is 3.83. The third-order valence-corrected chi connectivity index (χ3v) is 5.25. The maximum absolute atomic E-state index is 12.8. The van der Waals surface area contributed by atoms with E-state index in [1.807, 2.05) is 13.8 Å². The van der Waals surface area contributed by atoms with Gasteiger partial charge in [0.25, 0.3) is 5.91 Å². The van der Waals surface area contributed by atoms with Crippen molar-refractivity contribution in [1.29, 1.82) is 0 Å². The molecule has 0 saturated heterocycles. The van der Waals surface area contributed by atoms with Crippen molar-refractivity contribution in [2.45, 2.75) is 20.0 Å². The average molecular weight is 489 g/mol. The van der Waals surface area contributed by atoms with E-state index in [1.54, 1.807) is 42.5 Å². The number of rotatable bonds is 8. The lowest BCUT2D eigenvalue weighted by molar-refractivity contribution is 0.0575. The number of carboxylic acid groups (broad SMARTS) is 1. The van der Waals surface area contributed by atoms with E-state index >= 15 is 0 Å². The Morgan fingerprint density at radius 3 is 2.33 bits per heavy atom. The van der Waals surface area contributed by atoms with E-state index in [1.165, 1.54) is 30.0 Å². The van der Waals surface area contributed by atoms with Gasteiger partial charge in [0, 0.05) is 17.3 Å². The van der Waals surface area contributed by atoms with Crippen LogP contribution in [0, 0.1) is 0 Å². The summed E-state index contributed by atoms with van der Waals surface area (Å²) in [5.41, 5.74) is 5.98. The molecule has 0 saturated carbocycles. The summed E-state index contributed by atoms with van der Waals surface area (Å²) in [4.78, 5) is 40.9. The van der Waals surface area contributed by atoms with Crippen molar-refractivity contribution in [1.82, 2.24) is 9.55 Å². The minimum Gasteiger partial charge on any atom is -0.491 e. The fourth-order valence-electron chi connectivity index (χ4n) is 3.83. The number of carbonyl (C=O) groups is 3. The second kappa shape index (κ2) is 9.79. The van der Waals surface area contributed by atoms with Gasteiger partial charge in [0.1, 0.15) is 28.3 Å². The van der Waals surface area contributed by atoms with Gasteiger partial charge in [-0.2, -0.15) is 0 Å². The lowest BCUT2D eigenvalue weighted by Gasteiger charge is -2.13. The van der Waals surface area contributed by atoms with Crippen LogP contribution < -0.4 is 15.2 Å². The Morgan fingerprint density at radius 2 is 1.72 bits per heavy atom. The number of nitrogens with zero attached hydrogens (tertiary/aromatic N) is 2. The molecule has 4 rings (SSSR count). The number of pyridine rings is 1. The molecule has 184 valence electrons. The van der Waals surface area contributed by atoms with Gasteiger partial charge in [0.15, 0.2) is 0 Å². The molecule has 3 N–H and O–H groups in total. The standard InChI is InChI=1S/C26H23N3O7/c1-14(2)35-16-8-6-15(7-9-16)29-20-11-10-17(36-24-18(23(27)30)5-4-12-28-24)13-19(20)21(25(31)32)22(29)26(33)34-3/h4-14H,1-3H3,(H2,27,30)(H,31,32). The van der Waals surface area contributed by atoms with Crippen LogP contribution in [0.25, 0.3) is 16.6 Å². The Hall–Kier alpha value is -4.86. The van der Waals surface area contributed by atoms with Crippen molar-refractivity contribution in [2.75, 3.05) is 7.11 Å². The summed E-state index contributed by atoms with van der Waals surface area (Å²) in [5, 5.41) is 10.3. The zero-order valence-electron chi connectivity index (χ0n) is 19.7. The monoisotopic (exact) mass is 489 g/mol. The van der Waals surface area contributed by atoms with Gasteiger partial charge in [-0.1, -0.05) is 0 Å². The summed E-state index contributed by atoms with van der Waals surface area (Å²) in [6.45, 7) is 3.80. The van der Waals surface area contributed by atoms with Crippen LogP contribution in [0.3, 0.4) is 0 Å². The van der Waals surface area contributed by atoms with Crippen LogP contribution >= 0.6 is 0 Å². The third-order valence-electron chi connectivity index (χ3n) is 5.25. The molecule has 4 aromatic rings. The molecule has 10 heteroatoms. The third kappa shape index (κ3) is 4.56. The largest absolute Gasteiger partial charge is 0.491 e. The molecule has 1 amide bonds. The molecule has 0 unspecified atom stereocenters. The highest BCUT2D eigenvalue weighted by molar-refractivity contribution is 6.13. The Labute approximate surface area is 205 Å². The quantitative estimate of drug-likeness (QED) is 0.351. The lowest BCUT2D eigenvalue weighted by Crippen LogP contribution is -2.14. The first kappa shape index (κ1) is 24.3. The molecule has 36 heavy (non-hydrogen) atoms. The Balaban J connectivity index is 1.91. The topological polar surface area (TPSA) is 143 Å². The van der Waals surface area contributed by atoms with Crippen molar-refractivity contribution < 1.29 is 33.7 Å². The summed E-state index contributed by atoms with van der Waals surface area (Å²) in [5.74, 6) is -2.09. The second-order valence-electron chi connectivity index (χ2n) is 8.02. The molecule has 0 spiro atoms. The van der Waals surface area contributed by atoms with Crippen molar-refractivity contribution >= 4 is 28.7 Å². The average Bonchev–Trinajstić information content (AvgIpc) is 3.18. The van der Waals surface area contributed by atoms with E-state index in [2.05, 4.69) is 4.98 Å². The van der Waals surface area contributed by atoms with Crippen LogP contribution in [-0.2, 0) is 4.74 Å². The van der Waals surface area contributed by atoms with Crippen LogP contribution in [-0.4, -0.2) is 45.7 Å². The number of carboxylic acids is 1. The molecule has 0 aliphatic carbocycles. The number of carbonyl (C=O) groups excluding carboxylic acids is 2. The van der Waals surface area contributed by atoms with Gasteiger partial charge in [-0.25, -0.2) is 14.6 Å². The van der Waals surface area contributed by atoms with Gasteiger partial charge in [-0.05, 0) is 68.4 Å².